The summed E-state index contributed by atoms with van der Waals surface area (Å²) in [4.78, 5) is 22.1. The van der Waals surface area contributed by atoms with Gasteiger partial charge in [-0.25, -0.2) is 9.36 Å². The second-order valence-electron chi connectivity index (χ2n) is 4.21. The van der Waals surface area contributed by atoms with Crippen molar-refractivity contribution in [2.45, 2.75) is 26.2 Å². The molecule has 1 aromatic rings. The molecule has 4 heteroatoms. The lowest BCUT2D eigenvalue weighted by atomic mass is 9.88. The molecule has 0 radical (unpaired) electrons. The fourth-order valence-electron chi connectivity index (χ4n) is 1.10. The van der Waals surface area contributed by atoms with E-state index in [1.165, 1.54) is 12.3 Å². The van der Waals surface area contributed by atoms with E-state index in [4.69, 9.17) is 5.73 Å². The van der Waals surface area contributed by atoms with Gasteiger partial charge in [0.2, 0.25) is 0 Å². The lowest BCUT2D eigenvalue weighted by Crippen LogP contribution is -2.32. The summed E-state index contributed by atoms with van der Waals surface area (Å²) in [5.74, 6) is 0. The summed E-state index contributed by atoms with van der Waals surface area (Å²) < 4.78 is 0.917. The lowest BCUT2D eigenvalue weighted by Gasteiger charge is -2.19. The Morgan fingerprint density at radius 3 is 2.36 bits per heavy atom. The van der Waals surface area contributed by atoms with Crippen LogP contribution >= 0.6 is 0 Å². The molecule has 0 aliphatic rings. The van der Waals surface area contributed by atoms with Gasteiger partial charge in [0, 0.05) is 12.3 Å². The molecule has 1 amide bonds. The van der Waals surface area contributed by atoms with Gasteiger partial charge in [-0.1, -0.05) is 26.8 Å². The van der Waals surface area contributed by atoms with E-state index in [0.29, 0.717) is 0 Å². The van der Waals surface area contributed by atoms with Crippen LogP contribution in [0.4, 0.5) is 4.79 Å². The van der Waals surface area contributed by atoms with E-state index in [9.17, 15) is 9.59 Å². The molecule has 0 spiro atoms. The molecule has 1 heterocycles. The number of hydrogen-bond donors (Lipinski definition) is 1. The Kier molecular flexibility index (Phi) is 2.47. The molecular weight excluding hydrogens is 180 g/mol. The number of nitrogens with zero attached hydrogens (tertiary/aromatic N) is 1. The molecule has 0 unspecified atom stereocenters. The minimum absolute atomic E-state index is 0.106. The first-order valence-corrected chi connectivity index (χ1v) is 4.35. The van der Waals surface area contributed by atoms with Crippen molar-refractivity contribution >= 4 is 6.03 Å². The van der Waals surface area contributed by atoms with Crippen LogP contribution in [0.5, 0.6) is 0 Å². The average molecular weight is 194 g/mol. The molecule has 0 fully saturated rings. The Morgan fingerprint density at radius 1 is 1.36 bits per heavy atom. The van der Waals surface area contributed by atoms with Crippen LogP contribution in [0.15, 0.2) is 23.1 Å². The Balaban J connectivity index is 3.34. The number of aromatic nitrogens is 1. The first-order chi connectivity index (χ1) is 6.32. The Bertz CT molecular complexity index is 413. The first-order valence-electron chi connectivity index (χ1n) is 4.35. The summed E-state index contributed by atoms with van der Waals surface area (Å²) in [6, 6.07) is 2.31. The highest BCUT2D eigenvalue weighted by molar-refractivity contribution is 5.74. The van der Waals surface area contributed by atoms with E-state index in [1.807, 2.05) is 20.8 Å². The molecule has 0 aliphatic carbocycles. The van der Waals surface area contributed by atoms with Gasteiger partial charge in [-0.15, -0.1) is 0 Å². The molecule has 4 nitrogen and oxygen atoms in total. The molecule has 0 saturated heterocycles. The number of primary amides is 1. The highest BCUT2D eigenvalue weighted by Gasteiger charge is 2.15. The van der Waals surface area contributed by atoms with E-state index < -0.39 is 11.6 Å². The number of nitrogens with two attached hydrogens (primary N) is 1. The quantitative estimate of drug-likeness (QED) is 0.671. The smallest absolute Gasteiger partial charge is 0.325 e. The van der Waals surface area contributed by atoms with E-state index in [2.05, 4.69) is 0 Å². The van der Waals surface area contributed by atoms with Crippen LogP contribution in [0.3, 0.4) is 0 Å². The SMILES string of the molecule is CC(C)(C)c1ccc(=O)n(C(N)=O)c1. The van der Waals surface area contributed by atoms with Crippen molar-refractivity contribution in [1.82, 2.24) is 4.57 Å². The zero-order chi connectivity index (χ0) is 10.9. The van der Waals surface area contributed by atoms with Crippen molar-refractivity contribution in [3.63, 3.8) is 0 Å². The zero-order valence-corrected chi connectivity index (χ0v) is 8.57. The van der Waals surface area contributed by atoms with Crippen LogP contribution in [0.25, 0.3) is 0 Å². The first kappa shape index (κ1) is 10.5. The Morgan fingerprint density at radius 2 is 1.93 bits per heavy atom. The molecule has 0 aliphatic heterocycles. The van der Waals surface area contributed by atoms with Crippen molar-refractivity contribution in [2.24, 2.45) is 5.73 Å². The molecule has 0 aromatic carbocycles. The third-order valence-corrected chi connectivity index (χ3v) is 2.01. The van der Waals surface area contributed by atoms with Gasteiger partial charge in [0.15, 0.2) is 0 Å². The van der Waals surface area contributed by atoms with E-state index in [1.54, 1.807) is 6.07 Å². The molecule has 0 saturated carbocycles. The summed E-state index contributed by atoms with van der Waals surface area (Å²) in [5, 5.41) is 0. The lowest BCUT2D eigenvalue weighted by molar-refractivity contribution is 0.249. The van der Waals surface area contributed by atoms with Gasteiger partial charge in [0.1, 0.15) is 0 Å². The highest BCUT2D eigenvalue weighted by atomic mass is 16.2. The van der Waals surface area contributed by atoms with Gasteiger partial charge in [-0.3, -0.25) is 4.79 Å². The maximum absolute atomic E-state index is 11.2. The molecule has 0 bridgehead atoms. The average Bonchev–Trinajstić information content (AvgIpc) is 2.02. The van der Waals surface area contributed by atoms with Gasteiger partial charge in [0.25, 0.3) is 5.56 Å². The Labute approximate surface area is 82.3 Å². The van der Waals surface area contributed by atoms with E-state index >= 15 is 0 Å². The monoisotopic (exact) mass is 194 g/mol. The second kappa shape index (κ2) is 3.29. The largest absolute Gasteiger partial charge is 0.351 e. The normalized spacial score (nSPS) is 11.4. The number of pyridine rings is 1. The molecule has 14 heavy (non-hydrogen) atoms. The summed E-state index contributed by atoms with van der Waals surface area (Å²) in [6.07, 6.45) is 1.49. The summed E-state index contributed by atoms with van der Waals surface area (Å²) in [6.45, 7) is 5.99. The maximum atomic E-state index is 11.2. The van der Waals surface area contributed by atoms with E-state index in [-0.39, 0.29) is 5.41 Å². The van der Waals surface area contributed by atoms with Crippen molar-refractivity contribution in [2.75, 3.05) is 0 Å². The predicted molar refractivity (Wildman–Crippen MR) is 54.4 cm³/mol. The maximum Gasteiger partial charge on any atom is 0.325 e. The van der Waals surface area contributed by atoms with Crippen molar-refractivity contribution in [3.05, 3.63) is 34.2 Å². The van der Waals surface area contributed by atoms with Gasteiger partial charge in [-0.2, -0.15) is 0 Å². The van der Waals surface area contributed by atoms with Crippen LogP contribution < -0.4 is 11.3 Å². The van der Waals surface area contributed by atoms with Crippen LogP contribution in [0.1, 0.15) is 26.3 Å². The molecule has 1 aromatic heterocycles. The summed E-state index contributed by atoms with van der Waals surface area (Å²) >= 11 is 0. The minimum atomic E-state index is -0.749. The highest BCUT2D eigenvalue weighted by Crippen LogP contribution is 2.20. The number of carbonyl (C=O) groups excluding carboxylic acids is 1. The molecule has 76 valence electrons. The molecule has 0 atom stereocenters. The number of carbonyl (C=O) groups is 1. The predicted octanol–water partition coefficient (Wildman–Crippen LogP) is 1.07. The van der Waals surface area contributed by atoms with Gasteiger partial charge >= 0.3 is 6.03 Å². The fourth-order valence-corrected chi connectivity index (χ4v) is 1.10. The fraction of sp³-hybridized carbons (Fsp3) is 0.400. The standard InChI is InChI=1S/C10H14N2O2/c1-10(2,3)7-4-5-8(13)12(6-7)9(11)14/h4-6H,1-3H3,(H2,11,14). The van der Waals surface area contributed by atoms with Crippen molar-refractivity contribution < 1.29 is 4.79 Å². The minimum Gasteiger partial charge on any atom is -0.351 e. The number of hydrogen-bond acceptors (Lipinski definition) is 2. The Hall–Kier alpha value is -1.58. The van der Waals surface area contributed by atoms with Gasteiger partial charge in [-0.05, 0) is 11.0 Å². The summed E-state index contributed by atoms with van der Waals surface area (Å²) in [5.41, 5.74) is 5.45. The van der Waals surface area contributed by atoms with Crippen LogP contribution in [0.2, 0.25) is 0 Å². The number of amides is 1. The second-order valence-corrected chi connectivity index (χ2v) is 4.21. The molecule has 1 rings (SSSR count). The van der Waals surface area contributed by atoms with Crippen LogP contribution in [-0.4, -0.2) is 10.6 Å². The van der Waals surface area contributed by atoms with Gasteiger partial charge in [0.05, 0.1) is 0 Å². The van der Waals surface area contributed by atoms with Gasteiger partial charge < -0.3 is 5.73 Å². The molecule has 2 N–H and O–H groups in total. The number of rotatable bonds is 0. The zero-order valence-electron chi connectivity index (χ0n) is 8.57. The summed E-state index contributed by atoms with van der Waals surface area (Å²) in [7, 11) is 0. The van der Waals surface area contributed by atoms with Crippen molar-refractivity contribution in [3.8, 4) is 0 Å². The van der Waals surface area contributed by atoms with Crippen molar-refractivity contribution in [1.29, 1.82) is 0 Å². The van der Waals surface area contributed by atoms with Crippen LogP contribution in [0, 0.1) is 0 Å². The topological polar surface area (TPSA) is 65.1 Å². The van der Waals surface area contributed by atoms with Crippen LogP contribution in [-0.2, 0) is 5.41 Å². The third-order valence-electron chi connectivity index (χ3n) is 2.01. The third kappa shape index (κ3) is 2.02. The van der Waals surface area contributed by atoms with E-state index in [0.717, 1.165) is 10.1 Å². The molecular formula is C10H14N2O2.